The molecule has 2 fully saturated rings. The molecule has 2 saturated heterocycles. The number of hydrogen-bond acceptors (Lipinski definition) is 7. The molecule has 35 heavy (non-hydrogen) atoms. The van der Waals surface area contributed by atoms with Crippen molar-refractivity contribution in [1.82, 2.24) is 15.3 Å². The number of cyclic esters (lactones) is 1. The van der Waals surface area contributed by atoms with Crippen molar-refractivity contribution in [2.75, 3.05) is 44.2 Å². The molecule has 8 nitrogen and oxygen atoms in total. The highest BCUT2D eigenvalue weighted by Gasteiger charge is 2.34. The molecule has 3 unspecified atom stereocenters. The molecule has 5 rings (SSSR count). The number of amides is 2. The summed E-state index contributed by atoms with van der Waals surface area (Å²) in [5.74, 6) is 2.05. The molecule has 3 aliphatic heterocycles. The van der Waals surface area contributed by atoms with E-state index in [-0.39, 0.29) is 12.5 Å². The fourth-order valence-electron chi connectivity index (χ4n) is 5.09. The van der Waals surface area contributed by atoms with Crippen LogP contribution in [0, 0.1) is 11.8 Å². The largest absolute Gasteiger partial charge is 0.442 e. The predicted octanol–water partition coefficient (Wildman–Crippen LogP) is 4.11. The van der Waals surface area contributed by atoms with Crippen molar-refractivity contribution in [2.45, 2.75) is 26.4 Å². The summed E-state index contributed by atoms with van der Waals surface area (Å²) in [5, 5.41) is 7.60. The predicted molar refractivity (Wildman–Crippen MR) is 138 cm³/mol. The van der Waals surface area contributed by atoms with Crippen LogP contribution in [0.3, 0.4) is 0 Å². The van der Waals surface area contributed by atoms with Gasteiger partial charge in [0, 0.05) is 30.9 Å². The minimum Gasteiger partial charge on any atom is -0.442 e. The fraction of sp³-hybridized carbons (Fsp3) is 0.480. The third kappa shape index (κ3) is 5.32. The van der Waals surface area contributed by atoms with Crippen molar-refractivity contribution in [3.05, 3.63) is 51.2 Å². The summed E-state index contributed by atoms with van der Waals surface area (Å²) >= 11 is 7.12. The number of amidine groups is 1. The number of aliphatic imine (C=N–C) groups is 1. The maximum absolute atomic E-state index is 12.5. The summed E-state index contributed by atoms with van der Waals surface area (Å²) in [6.45, 7) is 9.02. The Morgan fingerprint density at radius 2 is 1.91 bits per heavy atom. The Kier molecular flexibility index (Phi) is 7.00. The summed E-state index contributed by atoms with van der Waals surface area (Å²) < 4.78 is 6.04. The second kappa shape index (κ2) is 10.2. The molecule has 0 spiro atoms. The van der Waals surface area contributed by atoms with Crippen LogP contribution < -0.4 is 10.2 Å². The van der Waals surface area contributed by atoms with E-state index in [4.69, 9.17) is 21.3 Å². The van der Waals surface area contributed by atoms with Gasteiger partial charge in [-0.25, -0.2) is 9.80 Å². The van der Waals surface area contributed by atoms with E-state index in [1.54, 1.807) is 17.0 Å². The number of thiophene rings is 1. The van der Waals surface area contributed by atoms with Gasteiger partial charge in [-0.2, -0.15) is 0 Å². The number of rotatable bonds is 5. The zero-order chi connectivity index (χ0) is 24.5. The average Bonchev–Trinajstić information content (AvgIpc) is 3.39. The van der Waals surface area contributed by atoms with Gasteiger partial charge in [-0.05, 0) is 54.7 Å². The van der Waals surface area contributed by atoms with Crippen molar-refractivity contribution in [2.24, 2.45) is 16.8 Å². The lowest BCUT2D eigenvalue weighted by atomic mass is 9.98. The number of anilines is 1. The highest BCUT2D eigenvalue weighted by atomic mass is 35.5. The average molecular weight is 516 g/mol. The maximum atomic E-state index is 12.5. The van der Waals surface area contributed by atoms with Crippen LogP contribution in [0.15, 0.2) is 41.4 Å². The molecular weight excluding hydrogens is 486 g/mol. The van der Waals surface area contributed by atoms with Crippen LogP contribution in [0.25, 0.3) is 0 Å². The van der Waals surface area contributed by atoms with Crippen molar-refractivity contribution in [3.63, 3.8) is 0 Å². The normalized spacial score (nSPS) is 25.1. The molecule has 3 aliphatic rings. The number of nitrogens with zero attached hydrogens (tertiary/aromatic N) is 4. The van der Waals surface area contributed by atoms with Gasteiger partial charge in [0.25, 0.3) is 5.91 Å². The molecule has 1 aromatic carbocycles. The lowest BCUT2D eigenvalue weighted by molar-refractivity contribution is 0.0368. The van der Waals surface area contributed by atoms with E-state index >= 15 is 0 Å². The number of halogens is 1. The molecule has 2 amide bonds. The second-order valence-electron chi connectivity index (χ2n) is 9.62. The third-order valence-electron chi connectivity index (χ3n) is 6.62. The first kappa shape index (κ1) is 24.1. The molecule has 10 heteroatoms. The fourth-order valence-corrected chi connectivity index (χ4v) is 6.05. The molecule has 0 saturated carbocycles. The first-order valence-electron chi connectivity index (χ1n) is 12.1. The number of ether oxygens (including phenoxy) is 1. The highest BCUT2D eigenvalue weighted by molar-refractivity contribution is 7.18. The number of nitrogens with one attached hydrogen (secondary N) is 1. The van der Waals surface area contributed by atoms with E-state index in [0.29, 0.717) is 27.6 Å². The highest BCUT2D eigenvalue weighted by Crippen LogP contribution is 2.27. The van der Waals surface area contributed by atoms with Gasteiger partial charge in [0.1, 0.15) is 11.9 Å². The number of carbonyl (C=O) groups excluding carboxylic acids is 2. The summed E-state index contributed by atoms with van der Waals surface area (Å²) in [4.78, 5) is 31.8. The number of carbonyl (C=O) groups is 2. The van der Waals surface area contributed by atoms with E-state index in [1.807, 2.05) is 24.3 Å². The lowest BCUT2D eigenvalue weighted by Gasteiger charge is -2.39. The molecule has 0 aliphatic carbocycles. The Morgan fingerprint density at radius 3 is 2.66 bits per heavy atom. The first-order chi connectivity index (χ1) is 16.9. The first-order valence-corrected chi connectivity index (χ1v) is 13.3. The van der Waals surface area contributed by atoms with E-state index in [9.17, 15) is 9.59 Å². The summed E-state index contributed by atoms with van der Waals surface area (Å²) in [7, 11) is 0. The summed E-state index contributed by atoms with van der Waals surface area (Å²) in [6.07, 6.45) is 0.394. The summed E-state index contributed by atoms with van der Waals surface area (Å²) in [6, 6.07) is 11.3. The van der Waals surface area contributed by atoms with Gasteiger partial charge in [-0.3, -0.25) is 19.7 Å². The van der Waals surface area contributed by atoms with Crippen molar-refractivity contribution in [1.29, 1.82) is 0 Å². The van der Waals surface area contributed by atoms with Crippen LogP contribution in [-0.2, 0) is 4.74 Å². The Bertz CT molecular complexity index is 1120. The van der Waals surface area contributed by atoms with Gasteiger partial charge < -0.3 is 10.1 Å². The molecule has 1 aromatic heterocycles. The zero-order valence-electron chi connectivity index (χ0n) is 19.9. The van der Waals surface area contributed by atoms with Crippen LogP contribution in [-0.4, -0.2) is 73.2 Å². The molecule has 2 aromatic rings. The van der Waals surface area contributed by atoms with E-state index < -0.39 is 12.2 Å². The topological polar surface area (TPSA) is 77.5 Å². The zero-order valence-corrected chi connectivity index (χ0v) is 21.5. The van der Waals surface area contributed by atoms with Crippen molar-refractivity contribution < 1.29 is 14.3 Å². The Labute approximate surface area is 214 Å². The molecule has 3 atom stereocenters. The summed E-state index contributed by atoms with van der Waals surface area (Å²) in [5.41, 5.74) is 1.81. The Hall–Kier alpha value is -2.62. The molecule has 1 N–H and O–H groups in total. The smallest absolute Gasteiger partial charge is 0.414 e. The molecule has 186 valence electrons. The van der Waals surface area contributed by atoms with Gasteiger partial charge in [-0.1, -0.05) is 25.4 Å². The molecule has 4 heterocycles. The standard InChI is InChI=1S/C25H30ClN5O3S/c1-16-11-17(2)14-31-23(27-9-10-29(31)13-16)18-3-5-19(6-4-18)30-15-20(34-25(30)33)12-28-24(32)21-7-8-22(26)35-21/h3-8,16-17,20H,9-15H2,1-2H3,(H,28,32). The number of benzene rings is 1. The van der Waals surface area contributed by atoms with E-state index in [1.165, 1.54) is 17.8 Å². The monoisotopic (exact) mass is 515 g/mol. The van der Waals surface area contributed by atoms with Crippen molar-refractivity contribution in [3.8, 4) is 0 Å². The minimum atomic E-state index is -0.418. The lowest BCUT2D eigenvalue weighted by Crippen LogP contribution is -2.52. The van der Waals surface area contributed by atoms with Gasteiger partial charge in [-0.15, -0.1) is 11.3 Å². The Balaban J connectivity index is 1.23. The van der Waals surface area contributed by atoms with Crippen LogP contribution >= 0.6 is 22.9 Å². The van der Waals surface area contributed by atoms with Crippen LogP contribution in [0.4, 0.5) is 10.5 Å². The number of hydrogen-bond donors (Lipinski definition) is 1. The van der Waals surface area contributed by atoms with Gasteiger partial charge in [0.15, 0.2) is 0 Å². The SMILES string of the molecule is CC1CC(C)CN2C(c3ccc(N4CC(CNC(=O)c5ccc(Cl)s5)OC4=O)cc3)=NCCN2C1. The van der Waals surface area contributed by atoms with Gasteiger partial charge >= 0.3 is 6.09 Å². The molecular formula is C25H30ClN5O3S. The van der Waals surface area contributed by atoms with Gasteiger partial charge in [0.05, 0.1) is 28.8 Å². The quantitative estimate of drug-likeness (QED) is 0.648. The van der Waals surface area contributed by atoms with Crippen LogP contribution in [0.2, 0.25) is 4.34 Å². The molecule has 0 bridgehead atoms. The molecule has 0 radical (unpaired) electrons. The maximum Gasteiger partial charge on any atom is 0.414 e. The minimum absolute atomic E-state index is 0.222. The number of fused-ring (bicyclic) bond motifs is 1. The Morgan fingerprint density at radius 1 is 1.14 bits per heavy atom. The third-order valence-corrected chi connectivity index (χ3v) is 7.85. The van der Waals surface area contributed by atoms with Crippen LogP contribution in [0.1, 0.15) is 35.5 Å². The second-order valence-corrected chi connectivity index (χ2v) is 11.3. The van der Waals surface area contributed by atoms with Crippen LogP contribution in [0.5, 0.6) is 0 Å². The number of hydrazine groups is 1. The van der Waals surface area contributed by atoms with Gasteiger partial charge in [0.2, 0.25) is 0 Å². The van der Waals surface area contributed by atoms with E-state index in [2.05, 4.69) is 29.2 Å². The van der Waals surface area contributed by atoms with E-state index in [0.717, 1.165) is 43.3 Å². The van der Waals surface area contributed by atoms with Crippen molar-refractivity contribution >= 4 is 46.5 Å².